The SMILES string of the molecule is c1ccc(-c2ccc(N(c3ccccc3)c3ccc4c(c3)c3c(N(c5ccccc5)c5ccc(-c6ccccc6)cc5)ccc5c3n4c3ccc(N(c4ccccc4)c4ccc(-c6ccccc6)cc4)c4c6cc(N(c7ccccc7)c7ccc(-c8ccccc8)cc7)ccc6n5c43)cc2)cc1. The van der Waals surface area contributed by atoms with Gasteiger partial charge in [0.2, 0.25) is 0 Å². The van der Waals surface area contributed by atoms with Crippen LogP contribution < -0.4 is 19.6 Å². The van der Waals surface area contributed by atoms with E-state index in [-0.39, 0.29) is 0 Å². The van der Waals surface area contributed by atoms with Gasteiger partial charge in [-0.15, -0.1) is 0 Å². The molecule has 0 spiro atoms. The third-order valence-corrected chi connectivity index (χ3v) is 20.2. The van der Waals surface area contributed by atoms with Crippen LogP contribution in [0.4, 0.5) is 68.2 Å². The van der Waals surface area contributed by atoms with Crippen molar-refractivity contribution < 1.29 is 0 Å². The monoisotopic (exact) mass is 1300 g/mol. The van der Waals surface area contributed by atoms with Crippen LogP contribution in [-0.2, 0) is 0 Å². The number of hydrogen-bond donors (Lipinski definition) is 0. The maximum atomic E-state index is 2.58. The molecule has 3 aromatic heterocycles. The molecule has 480 valence electrons. The van der Waals surface area contributed by atoms with Crippen molar-refractivity contribution in [3.8, 4) is 44.5 Å². The van der Waals surface area contributed by atoms with Gasteiger partial charge in [0.15, 0.2) is 0 Å². The molecule has 6 nitrogen and oxygen atoms in total. The summed E-state index contributed by atoms with van der Waals surface area (Å²) in [6.45, 7) is 0. The number of rotatable bonds is 16. The zero-order valence-corrected chi connectivity index (χ0v) is 55.8. The third kappa shape index (κ3) is 10.4. The molecule has 0 amide bonds. The Labute approximate surface area is 592 Å². The van der Waals surface area contributed by atoms with E-state index >= 15 is 0 Å². The molecular weight excluding hydrogens is 1240 g/mol. The van der Waals surface area contributed by atoms with E-state index in [1.165, 1.54) is 33.4 Å². The highest BCUT2D eigenvalue weighted by Crippen LogP contribution is 2.53. The molecule has 6 heteroatoms. The first-order valence-electron chi connectivity index (χ1n) is 34.9. The molecule has 0 aliphatic carbocycles. The second-order valence-corrected chi connectivity index (χ2v) is 26.1. The molecule has 0 aliphatic rings. The molecule has 3 heterocycles. The van der Waals surface area contributed by atoms with E-state index in [1.807, 2.05) is 0 Å². The van der Waals surface area contributed by atoms with Gasteiger partial charge in [0, 0.05) is 78.4 Å². The summed E-state index contributed by atoms with van der Waals surface area (Å²) in [6.07, 6.45) is 0. The number of fused-ring (bicyclic) bond motifs is 8. The minimum Gasteiger partial charge on any atom is -0.310 e. The Balaban J connectivity index is 0.911. The molecule has 0 fully saturated rings. The van der Waals surface area contributed by atoms with Crippen LogP contribution in [0.2, 0.25) is 0 Å². The number of para-hydroxylation sites is 4. The maximum absolute atomic E-state index is 2.58. The van der Waals surface area contributed by atoms with Crippen molar-refractivity contribution in [2.24, 2.45) is 0 Å². The van der Waals surface area contributed by atoms with Crippen molar-refractivity contribution in [1.82, 2.24) is 8.80 Å². The zero-order chi connectivity index (χ0) is 67.5. The largest absolute Gasteiger partial charge is 0.310 e. The first kappa shape index (κ1) is 59.6. The summed E-state index contributed by atoms with van der Waals surface area (Å²) >= 11 is 0. The van der Waals surface area contributed by atoms with Crippen LogP contribution in [0.15, 0.2) is 400 Å². The van der Waals surface area contributed by atoms with E-state index in [9.17, 15) is 0 Å². The van der Waals surface area contributed by atoms with Crippen molar-refractivity contribution in [3.05, 3.63) is 400 Å². The minimum absolute atomic E-state index is 1.04. The molecule has 0 radical (unpaired) electrons. The summed E-state index contributed by atoms with van der Waals surface area (Å²) in [5.74, 6) is 0. The fourth-order valence-electron chi connectivity index (χ4n) is 15.5. The fraction of sp³-hybridized carbons (Fsp3) is 0. The van der Waals surface area contributed by atoms with Gasteiger partial charge in [-0.2, -0.15) is 0 Å². The highest BCUT2D eigenvalue weighted by atomic mass is 15.2. The Morgan fingerprint density at radius 1 is 0.157 bits per heavy atom. The van der Waals surface area contributed by atoms with Gasteiger partial charge < -0.3 is 28.4 Å². The fourth-order valence-corrected chi connectivity index (χ4v) is 15.5. The first-order valence-corrected chi connectivity index (χ1v) is 34.9. The van der Waals surface area contributed by atoms with Gasteiger partial charge in [-0.1, -0.05) is 243 Å². The van der Waals surface area contributed by atoms with Crippen LogP contribution in [0.3, 0.4) is 0 Å². The van der Waals surface area contributed by atoms with Crippen molar-refractivity contribution in [2.75, 3.05) is 19.6 Å². The van der Waals surface area contributed by atoms with E-state index in [4.69, 9.17) is 0 Å². The number of aromatic nitrogens is 2. The average molecular weight is 1300 g/mol. The van der Waals surface area contributed by atoms with E-state index in [0.29, 0.717) is 0 Å². The van der Waals surface area contributed by atoms with Crippen LogP contribution in [0.1, 0.15) is 0 Å². The molecule has 0 saturated carbocycles. The first-order chi connectivity index (χ1) is 50.6. The quantitative estimate of drug-likeness (QED) is 0.0899. The Kier molecular flexibility index (Phi) is 14.8. The Morgan fingerprint density at radius 3 is 0.637 bits per heavy atom. The molecule has 0 aliphatic heterocycles. The van der Waals surface area contributed by atoms with Gasteiger partial charge in [-0.05, 0) is 202 Å². The highest BCUT2D eigenvalue weighted by molar-refractivity contribution is 6.28. The standard InChI is InChI=1S/C96H66N6/c1-9-25-67(26-10-1)71-41-49-79(50-42-71)97(75-33-17-5-18-34-75)83-57-59-87-85(65-83)93-89(99(77-37-21-7-22-38-77)81-53-45-73(46-54-81)69-29-13-3-14-30-69)61-63-91-95(93)101(87)92-64-62-90(100(78-39-23-8-24-40-78)82-55-47-74(48-56-82)70-31-15-4-16-32-70)94-86-66-84(58-60-88(86)102(91)96(92)94)98(76-35-19-6-20-36-76)80-51-43-72(44-52-80)68-27-11-2-12-28-68/h1-66H. The number of anilines is 12. The lowest BCUT2D eigenvalue weighted by molar-refractivity contribution is 1.24. The molecule has 102 heavy (non-hydrogen) atoms. The molecular formula is C96H66N6. The van der Waals surface area contributed by atoms with Gasteiger partial charge in [-0.25, -0.2) is 0 Å². The Hall–Kier alpha value is -13.7. The van der Waals surface area contributed by atoms with Crippen molar-refractivity contribution in [3.63, 3.8) is 0 Å². The van der Waals surface area contributed by atoms with Crippen LogP contribution in [0.25, 0.3) is 99.2 Å². The van der Waals surface area contributed by atoms with Crippen molar-refractivity contribution in [1.29, 1.82) is 0 Å². The van der Waals surface area contributed by atoms with Crippen molar-refractivity contribution in [2.45, 2.75) is 0 Å². The molecule has 0 bridgehead atoms. The van der Waals surface area contributed by atoms with Crippen LogP contribution >= 0.6 is 0 Å². The Bertz CT molecular complexity index is 5790. The zero-order valence-electron chi connectivity index (χ0n) is 55.8. The summed E-state index contributed by atoms with van der Waals surface area (Å²) < 4.78 is 5.16. The summed E-state index contributed by atoms with van der Waals surface area (Å²) in [6, 6.07) is 146. The summed E-state index contributed by atoms with van der Waals surface area (Å²) in [7, 11) is 0. The van der Waals surface area contributed by atoms with E-state index < -0.39 is 0 Å². The van der Waals surface area contributed by atoms with Gasteiger partial charge in [-0.3, -0.25) is 0 Å². The predicted octanol–water partition coefficient (Wildman–Crippen LogP) is 26.8. The normalized spacial score (nSPS) is 11.5. The van der Waals surface area contributed by atoms with Crippen LogP contribution in [0, 0.1) is 0 Å². The lowest BCUT2D eigenvalue weighted by Gasteiger charge is -2.28. The van der Waals surface area contributed by atoms with Gasteiger partial charge in [0.25, 0.3) is 0 Å². The molecule has 19 aromatic rings. The minimum atomic E-state index is 1.04. The van der Waals surface area contributed by atoms with Crippen LogP contribution in [-0.4, -0.2) is 8.80 Å². The molecule has 0 N–H and O–H groups in total. The molecule has 0 unspecified atom stereocenters. The van der Waals surface area contributed by atoms with Gasteiger partial charge >= 0.3 is 0 Å². The second-order valence-electron chi connectivity index (χ2n) is 26.1. The summed E-state index contributed by atoms with van der Waals surface area (Å²) in [5, 5.41) is 4.51. The Morgan fingerprint density at radius 2 is 0.363 bits per heavy atom. The predicted molar refractivity (Wildman–Crippen MR) is 430 cm³/mol. The van der Waals surface area contributed by atoms with E-state index in [1.54, 1.807) is 0 Å². The molecule has 19 rings (SSSR count). The summed E-state index contributed by atoms with van der Waals surface area (Å²) in [5.41, 5.74) is 28.6. The molecule has 16 aromatic carbocycles. The third-order valence-electron chi connectivity index (χ3n) is 20.2. The smallest absolute Gasteiger partial charge is 0.0804 e. The van der Waals surface area contributed by atoms with E-state index in [0.717, 1.165) is 134 Å². The maximum Gasteiger partial charge on any atom is 0.0804 e. The molecule has 0 atom stereocenters. The van der Waals surface area contributed by atoms with Crippen molar-refractivity contribution >= 4 is 123 Å². The topological polar surface area (TPSA) is 21.8 Å². The highest BCUT2D eigenvalue weighted by Gasteiger charge is 2.30. The van der Waals surface area contributed by atoms with Gasteiger partial charge in [0.05, 0.1) is 44.5 Å². The average Bonchev–Trinajstić information content (AvgIpc) is 1.51. The number of nitrogens with zero attached hydrogens (tertiary/aromatic N) is 6. The molecule has 0 saturated heterocycles. The van der Waals surface area contributed by atoms with Gasteiger partial charge in [0.1, 0.15) is 0 Å². The lowest BCUT2D eigenvalue weighted by atomic mass is 10.0. The number of hydrogen-bond acceptors (Lipinski definition) is 4. The summed E-state index contributed by atoms with van der Waals surface area (Å²) in [4.78, 5) is 9.73. The lowest BCUT2D eigenvalue weighted by Crippen LogP contribution is -2.11. The van der Waals surface area contributed by atoms with E-state index in [2.05, 4.69) is 429 Å². The van der Waals surface area contributed by atoms with Crippen LogP contribution in [0.5, 0.6) is 0 Å². The second kappa shape index (κ2) is 25.3. The number of benzene rings is 16.